The van der Waals surface area contributed by atoms with Crippen LogP contribution in [0.2, 0.25) is 10.0 Å². The van der Waals surface area contributed by atoms with Crippen molar-refractivity contribution >= 4 is 63.7 Å². The zero-order valence-corrected chi connectivity index (χ0v) is 30.4. The zero-order chi connectivity index (χ0) is 23.4. The summed E-state index contributed by atoms with van der Waals surface area (Å²) in [4.78, 5) is -6.72. The van der Waals surface area contributed by atoms with Crippen LogP contribution in [-0.4, -0.2) is 51.9 Å². The van der Waals surface area contributed by atoms with Crippen molar-refractivity contribution in [1.82, 2.24) is 0 Å². The molecule has 0 fully saturated rings. The fourth-order valence-electron chi connectivity index (χ4n) is 2.40. The maximum absolute atomic E-state index is 11.7. The molecule has 0 radical (unpaired) electrons. The molecule has 2 rings (SSSR count). The van der Waals surface area contributed by atoms with Crippen LogP contribution in [0.5, 0.6) is 0 Å². The standard InChI is InChI=1S/C12H8Cl2O12S4.4Na/c13-5-1-7(27(15,16)17)11(8(2-5)28(18,19)20)12-9(29(21,22)23)3-6(14)4-10(12)30(24,25)26;;;;/h1-4H,(H,15,16,17)(H,18,19,20)(H,21,22,23)(H,24,25,26);;;;/q;4*+1/p-4. The second-order valence-electron chi connectivity index (χ2n) is 5.37. The fourth-order valence-corrected chi connectivity index (χ4v) is 6.15. The van der Waals surface area contributed by atoms with E-state index in [2.05, 4.69) is 0 Å². The molecule has 22 heteroatoms. The van der Waals surface area contributed by atoms with E-state index in [4.69, 9.17) is 23.2 Å². The summed E-state index contributed by atoms with van der Waals surface area (Å²) in [6, 6.07) is 1.08. The van der Waals surface area contributed by atoms with Gasteiger partial charge in [0.25, 0.3) is 0 Å². The van der Waals surface area contributed by atoms with E-state index < -0.39 is 81.2 Å². The maximum atomic E-state index is 11.7. The Labute approximate surface area is 293 Å². The van der Waals surface area contributed by atoms with Gasteiger partial charge in [-0.3, -0.25) is 0 Å². The Kier molecular flexibility index (Phi) is 17.4. The van der Waals surface area contributed by atoms with Crippen molar-refractivity contribution in [3.05, 3.63) is 34.3 Å². The summed E-state index contributed by atoms with van der Waals surface area (Å²) in [5, 5.41) is -1.62. The third-order valence-electron chi connectivity index (χ3n) is 3.39. The summed E-state index contributed by atoms with van der Waals surface area (Å²) in [6.07, 6.45) is 0. The SMILES string of the molecule is O=S(=O)([O-])c1cc(Cl)cc(S(=O)(=O)[O-])c1-c1c(S(=O)(=O)[O-])cc(Cl)cc1S(=O)(=O)[O-].[Na+].[Na+].[Na+].[Na+]. The average molecular weight is 631 g/mol. The normalized spacial score (nSPS) is 11.8. The molecule has 0 bridgehead atoms. The maximum Gasteiger partial charge on any atom is 1.00 e. The molecule has 0 saturated heterocycles. The van der Waals surface area contributed by atoms with Gasteiger partial charge in [0, 0.05) is 21.2 Å². The van der Waals surface area contributed by atoms with Crippen LogP contribution < -0.4 is 118 Å². The molecule has 0 aromatic heterocycles. The number of hydrogen-bond donors (Lipinski definition) is 0. The first kappa shape index (κ1) is 41.1. The third-order valence-corrected chi connectivity index (χ3v) is 7.27. The van der Waals surface area contributed by atoms with Crippen LogP contribution in [0, 0.1) is 0 Å². The van der Waals surface area contributed by atoms with E-state index in [1.54, 1.807) is 0 Å². The Morgan fingerprint density at radius 1 is 0.441 bits per heavy atom. The molecule has 12 nitrogen and oxygen atoms in total. The van der Waals surface area contributed by atoms with Crippen LogP contribution in [0.15, 0.2) is 43.8 Å². The number of benzene rings is 2. The first-order valence-corrected chi connectivity index (χ1v) is 13.1. The molecule has 0 atom stereocenters. The van der Waals surface area contributed by atoms with E-state index >= 15 is 0 Å². The van der Waals surface area contributed by atoms with Crippen LogP contribution in [0.1, 0.15) is 0 Å². The van der Waals surface area contributed by atoms with Gasteiger partial charge in [0.15, 0.2) is 0 Å². The van der Waals surface area contributed by atoms with E-state index in [1.807, 2.05) is 0 Å². The number of rotatable bonds is 5. The molecule has 0 N–H and O–H groups in total. The predicted molar refractivity (Wildman–Crippen MR) is 93.8 cm³/mol. The summed E-state index contributed by atoms with van der Waals surface area (Å²) in [5.74, 6) is 0. The Morgan fingerprint density at radius 3 is 0.706 bits per heavy atom. The van der Waals surface area contributed by atoms with Crippen LogP contribution in [0.25, 0.3) is 11.1 Å². The molecule has 0 heterocycles. The molecule has 0 aliphatic carbocycles. The van der Waals surface area contributed by atoms with Crippen LogP contribution >= 0.6 is 23.2 Å². The first-order chi connectivity index (χ1) is 13.2. The van der Waals surface area contributed by atoms with E-state index in [0.29, 0.717) is 0 Å². The molecule has 0 unspecified atom stereocenters. The smallest absolute Gasteiger partial charge is 0.744 e. The molecule has 166 valence electrons. The minimum atomic E-state index is -5.79. The van der Waals surface area contributed by atoms with Crippen molar-refractivity contribution in [3.63, 3.8) is 0 Å². The predicted octanol–water partition coefficient (Wildman–Crippen LogP) is -11.7. The molecule has 2 aromatic rings. The second-order valence-corrected chi connectivity index (χ2v) is 11.6. The number of halogens is 2. The first-order valence-electron chi connectivity index (χ1n) is 6.75. The average Bonchev–Trinajstić information content (AvgIpc) is 2.50. The van der Waals surface area contributed by atoms with Crippen molar-refractivity contribution < 1.29 is 170 Å². The molecular weight excluding hydrogens is 627 g/mol. The van der Waals surface area contributed by atoms with Gasteiger partial charge < -0.3 is 18.2 Å². The van der Waals surface area contributed by atoms with Gasteiger partial charge in [-0.25, -0.2) is 33.7 Å². The Balaban J connectivity index is -0.00000240. The molecular formula is C12H4Cl2Na4O12S4. The van der Waals surface area contributed by atoms with E-state index in [1.165, 1.54) is 0 Å². The van der Waals surface area contributed by atoms with Gasteiger partial charge in [-0.1, -0.05) is 23.2 Å². The van der Waals surface area contributed by atoms with Gasteiger partial charge in [0.05, 0.1) is 19.6 Å². The Hall–Kier alpha value is 2.66. The van der Waals surface area contributed by atoms with Gasteiger partial charge in [0.1, 0.15) is 40.5 Å². The van der Waals surface area contributed by atoms with E-state index in [-0.39, 0.29) is 142 Å². The topological polar surface area (TPSA) is 229 Å². The summed E-state index contributed by atoms with van der Waals surface area (Å²) in [6.45, 7) is 0. The van der Waals surface area contributed by atoms with Crippen molar-refractivity contribution in [2.45, 2.75) is 19.6 Å². The van der Waals surface area contributed by atoms with E-state index in [9.17, 15) is 51.9 Å². The van der Waals surface area contributed by atoms with Gasteiger partial charge >= 0.3 is 118 Å². The molecule has 34 heavy (non-hydrogen) atoms. The molecule has 0 saturated carbocycles. The zero-order valence-electron chi connectivity index (χ0n) is 17.6. The Bertz CT molecular complexity index is 1290. The second kappa shape index (κ2) is 14.3. The molecule has 2 aromatic carbocycles. The third kappa shape index (κ3) is 10.0. The molecule has 0 amide bonds. The number of hydrogen-bond acceptors (Lipinski definition) is 12. The van der Waals surface area contributed by atoms with Crippen molar-refractivity contribution in [3.8, 4) is 11.1 Å². The van der Waals surface area contributed by atoms with Crippen LogP contribution in [0.4, 0.5) is 0 Å². The van der Waals surface area contributed by atoms with Gasteiger partial charge in [-0.05, 0) is 24.3 Å². The van der Waals surface area contributed by atoms with Crippen molar-refractivity contribution in [1.29, 1.82) is 0 Å². The summed E-state index contributed by atoms with van der Waals surface area (Å²) in [5.41, 5.74) is -3.27. The van der Waals surface area contributed by atoms with Crippen molar-refractivity contribution in [2.24, 2.45) is 0 Å². The molecule has 0 aliphatic rings. The van der Waals surface area contributed by atoms with Crippen molar-refractivity contribution in [2.75, 3.05) is 0 Å². The Morgan fingerprint density at radius 2 is 0.588 bits per heavy atom. The monoisotopic (exact) mass is 630 g/mol. The quantitative estimate of drug-likeness (QED) is 0.221. The molecule has 0 aliphatic heterocycles. The minimum Gasteiger partial charge on any atom is -0.744 e. The largest absolute Gasteiger partial charge is 1.00 e. The van der Waals surface area contributed by atoms with Gasteiger partial charge in [0.2, 0.25) is 0 Å². The molecule has 0 spiro atoms. The van der Waals surface area contributed by atoms with Crippen LogP contribution in [-0.2, 0) is 40.5 Å². The minimum absolute atomic E-state index is 0. The fraction of sp³-hybridized carbons (Fsp3) is 0. The van der Waals surface area contributed by atoms with Gasteiger partial charge in [-0.15, -0.1) is 0 Å². The van der Waals surface area contributed by atoms with E-state index in [0.717, 1.165) is 0 Å². The van der Waals surface area contributed by atoms with Crippen LogP contribution in [0.3, 0.4) is 0 Å². The summed E-state index contributed by atoms with van der Waals surface area (Å²) in [7, 11) is -23.1. The summed E-state index contributed by atoms with van der Waals surface area (Å²) < 4.78 is 140. The summed E-state index contributed by atoms with van der Waals surface area (Å²) >= 11 is 11.0. The van der Waals surface area contributed by atoms with Gasteiger partial charge in [-0.2, -0.15) is 0 Å².